The van der Waals surface area contributed by atoms with E-state index in [2.05, 4.69) is 26.1 Å². The molecule has 108 valence electrons. The molecule has 0 aliphatic carbocycles. The van der Waals surface area contributed by atoms with E-state index in [-0.39, 0.29) is 12.1 Å². The Morgan fingerprint density at radius 1 is 1.33 bits per heavy atom. The first kappa shape index (κ1) is 14.0. The van der Waals surface area contributed by atoms with E-state index in [0.717, 1.165) is 10.0 Å². The molecule has 2 heterocycles. The van der Waals surface area contributed by atoms with E-state index in [0.29, 0.717) is 10.9 Å². The topological polar surface area (TPSA) is 72.9 Å². The van der Waals surface area contributed by atoms with Crippen molar-refractivity contribution in [2.24, 2.45) is 7.05 Å². The largest absolute Gasteiger partial charge is 0.386 e. The van der Waals surface area contributed by atoms with Crippen LogP contribution in [0.5, 0.6) is 0 Å². The summed E-state index contributed by atoms with van der Waals surface area (Å²) in [4.78, 5) is 12.1. The zero-order valence-corrected chi connectivity index (χ0v) is 12.9. The van der Waals surface area contributed by atoms with Gasteiger partial charge in [0.1, 0.15) is 5.52 Å². The molecule has 0 aliphatic heterocycles. The molecule has 0 amide bonds. The third-order valence-electron chi connectivity index (χ3n) is 3.31. The number of hydrogen-bond donors (Lipinski definition) is 1. The lowest BCUT2D eigenvalue weighted by atomic mass is 10.1. The molecule has 0 saturated heterocycles. The number of fused-ring (bicyclic) bond motifs is 1. The van der Waals surface area contributed by atoms with E-state index in [4.69, 9.17) is 0 Å². The van der Waals surface area contributed by atoms with Crippen molar-refractivity contribution in [3.05, 3.63) is 57.0 Å². The lowest BCUT2D eigenvalue weighted by molar-refractivity contribution is 0.153. The summed E-state index contributed by atoms with van der Waals surface area (Å²) < 4.78 is 3.67. The fourth-order valence-corrected chi connectivity index (χ4v) is 2.62. The molecule has 0 spiro atoms. The molecular formula is C14H13BrN4O2. The van der Waals surface area contributed by atoms with E-state index in [9.17, 15) is 9.90 Å². The number of nitrogens with zero attached hydrogens (tertiary/aromatic N) is 4. The first-order valence-corrected chi connectivity index (χ1v) is 7.17. The third-order valence-corrected chi connectivity index (χ3v) is 3.81. The second-order valence-corrected chi connectivity index (χ2v) is 5.69. The number of hydrogen-bond acceptors (Lipinski definition) is 4. The normalized spacial score (nSPS) is 12.7. The Hall–Kier alpha value is -1.99. The Bertz CT molecular complexity index is 856. The van der Waals surface area contributed by atoms with Crippen LogP contribution >= 0.6 is 15.9 Å². The van der Waals surface area contributed by atoms with Gasteiger partial charge in [0.25, 0.3) is 5.56 Å². The number of aryl methyl sites for hydroxylation is 1. The van der Waals surface area contributed by atoms with Gasteiger partial charge >= 0.3 is 0 Å². The van der Waals surface area contributed by atoms with Gasteiger partial charge in [-0.05, 0) is 17.7 Å². The van der Waals surface area contributed by atoms with Gasteiger partial charge in [-0.15, -0.1) is 0 Å². The molecule has 1 aromatic carbocycles. The number of aliphatic hydroxyl groups is 1. The summed E-state index contributed by atoms with van der Waals surface area (Å²) in [6.07, 6.45) is 2.42. The standard InChI is InChI=1S/C14H13BrN4O2/c1-18-14(21)13-10(6-16-18)7-17-19(13)8-12(20)9-3-2-4-11(15)5-9/h2-7,12,20H,8H2,1H3. The van der Waals surface area contributed by atoms with Crippen molar-refractivity contribution in [2.75, 3.05) is 0 Å². The zero-order valence-electron chi connectivity index (χ0n) is 11.3. The molecule has 3 rings (SSSR count). The molecule has 6 nitrogen and oxygen atoms in total. The van der Waals surface area contributed by atoms with Crippen molar-refractivity contribution in [3.63, 3.8) is 0 Å². The van der Waals surface area contributed by atoms with E-state index in [1.807, 2.05) is 24.3 Å². The highest BCUT2D eigenvalue weighted by molar-refractivity contribution is 9.10. The Labute approximate surface area is 128 Å². The molecule has 0 saturated carbocycles. The SMILES string of the molecule is Cn1ncc2cnn(CC(O)c3cccc(Br)c3)c2c1=O. The van der Waals surface area contributed by atoms with Crippen LogP contribution < -0.4 is 5.56 Å². The van der Waals surface area contributed by atoms with Crippen LogP contribution in [0.4, 0.5) is 0 Å². The minimum atomic E-state index is -0.747. The minimum Gasteiger partial charge on any atom is -0.386 e. The van der Waals surface area contributed by atoms with Crippen LogP contribution in [0, 0.1) is 0 Å². The number of halogens is 1. The molecule has 0 aliphatic rings. The van der Waals surface area contributed by atoms with Gasteiger partial charge in [0.15, 0.2) is 0 Å². The van der Waals surface area contributed by atoms with E-state index in [1.54, 1.807) is 19.4 Å². The third kappa shape index (κ3) is 2.62. The Balaban J connectivity index is 1.99. The highest BCUT2D eigenvalue weighted by Gasteiger charge is 2.14. The predicted molar refractivity (Wildman–Crippen MR) is 81.9 cm³/mol. The van der Waals surface area contributed by atoms with Crippen LogP contribution in [-0.2, 0) is 13.6 Å². The van der Waals surface area contributed by atoms with Crippen LogP contribution in [0.25, 0.3) is 10.9 Å². The van der Waals surface area contributed by atoms with Crippen LogP contribution in [0.2, 0.25) is 0 Å². The second-order valence-electron chi connectivity index (χ2n) is 4.77. The maximum absolute atomic E-state index is 12.1. The Morgan fingerprint density at radius 3 is 2.86 bits per heavy atom. The molecule has 2 aromatic heterocycles. The highest BCUT2D eigenvalue weighted by Crippen LogP contribution is 2.20. The van der Waals surface area contributed by atoms with Crippen molar-refractivity contribution in [1.82, 2.24) is 19.6 Å². The van der Waals surface area contributed by atoms with Gasteiger partial charge in [-0.1, -0.05) is 28.1 Å². The van der Waals surface area contributed by atoms with Crippen LogP contribution in [0.15, 0.2) is 45.9 Å². The summed E-state index contributed by atoms with van der Waals surface area (Å²) >= 11 is 3.37. The zero-order chi connectivity index (χ0) is 15.0. The summed E-state index contributed by atoms with van der Waals surface area (Å²) in [5.74, 6) is 0. The molecule has 1 unspecified atom stereocenters. The summed E-state index contributed by atoms with van der Waals surface area (Å²) in [5.41, 5.74) is 0.979. The number of aromatic nitrogens is 4. The fourth-order valence-electron chi connectivity index (χ4n) is 2.20. The quantitative estimate of drug-likeness (QED) is 0.780. The predicted octanol–water partition coefficient (Wildman–Crippen LogP) is 1.63. The van der Waals surface area contributed by atoms with E-state index in [1.165, 1.54) is 9.36 Å². The average Bonchev–Trinajstić information content (AvgIpc) is 2.86. The van der Waals surface area contributed by atoms with E-state index >= 15 is 0 Å². The van der Waals surface area contributed by atoms with Gasteiger partial charge < -0.3 is 5.11 Å². The monoisotopic (exact) mass is 348 g/mol. The Kier molecular flexibility index (Phi) is 3.60. The van der Waals surface area contributed by atoms with Crippen LogP contribution in [-0.4, -0.2) is 24.7 Å². The lowest BCUT2D eigenvalue weighted by Gasteiger charge is -2.12. The van der Waals surface area contributed by atoms with Crippen molar-refractivity contribution in [1.29, 1.82) is 0 Å². The van der Waals surface area contributed by atoms with Gasteiger partial charge in [0.05, 0.1) is 25.0 Å². The van der Waals surface area contributed by atoms with Crippen molar-refractivity contribution in [2.45, 2.75) is 12.6 Å². The van der Waals surface area contributed by atoms with Crippen molar-refractivity contribution in [3.8, 4) is 0 Å². The van der Waals surface area contributed by atoms with Crippen LogP contribution in [0.1, 0.15) is 11.7 Å². The van der Waals surface area contributed by atoms with Gasteiger partial charge in [-0.25, -0.2) is 4.68 Å². The van der Waals surface area contributed by atoms with Gasteiger partial charge in [-0.3, -0.25) is 9.48 Å². The lowest BCUT2D eigenvalue weighted by Crippen LogP contribution is -2.22. The van der Waals surface area contributed by atoms with Gasteiger partial charge in [-0.2, -0.15) is 10.2 Å². The van der Waals surface area contributed by atoms with Gasteiger partial charge in [0, 0.05) is 16.9 Å². The summed E-state index contributed by atoms with van der Waals surface area (Å²) in [5, 5.41) is 19.1. The summed E-state index contributed by atoms with van der Waals surface area (Å²) in [6.45, 7) is 0.208. The van der Waals surface area contributed by atoms with Crippen molar-refractivity contribution >= 4 is 26.8 Å². The molecule has 1 N–H and O–H groups in total. The maximum atomic E-state index is 12.1. The first-order chi connectivity index (χ1) is 10.1. The molecular weight excluding hydrogens is 336 g/mol. The number of aliphatic hydroxyl groups excluding tert-OH is 1. The number of benzene rings is 1. The second kappa shape index (κ2) is 5.42. The molecule has 0 radical (unpaired) electrons. The molecule has 21 heavy (non-hydrogen) atoms. The number of rotatable bonds is 3. The fraction of sp³-hybridized carbons (Fsp3) is 0.214. The van der Waals surface area contributed by atoms with Gasteiger partial charge in [0.2, 0.25) is 0 Å². The maximum Gasteiger partial charge on any atom is 0.292 e. The smallest absolute Gasteiger partial charge is 0.292 e. The molecule has 0 bridgehead atoms. The van der Waals surface area contributed by atoms with Crippen LogP contribution in [0.3, 0.4) is 0 Å². The molecule has 0 fully saturated rings. The summed E-state index contributed by atoms with van der Waals surface area (Å²) in [7, 11) is 1.59. The minimum absolute atomic E-state index is 0.208. The van der Waals surface area contributed by atoms with Crippen molar-refractivity contribution < 1.29 is 5.11 Å². The Morgan fingerprint density at radius 2 is 2.10 bits per heavy atom. The summed E-state index contributed by atoms with van der Waals surface area (Å²) in [6, 6.07) is 7.42. The molecule has 3 aromatic rings. The highest BCUT2D eigenvalue weighted by atomic mass is 79.9. The molecule has 7 heteroatoms. The first-order valence-electron chi connectivity index (χ1n) is 6.37. The average molecular weight is 349 g/mol. The molecule has 1 atom stereocenters. The van der Waals surface area contributed by atoms with E-state index < -0.39 is 6.10 Å².